The van der Waals surface area contributed by atoms with Crippen molar-refractivity contribution in [3.8, 4) is 0 Å². The number of nitrogens with zero attached hydrogens (tertiary/aromatic N) is 2. The van der Waals surface area contributed by atoms with Crippen LogP contribution < -0.4 is 10.6 Å². The fourth-order valence-corrected chi connectivity index (χ4v) is 1.87. The van der Waals surface area contributed by atoms with E-state index in [1.807, 2.05) is 13.8 Å². The molecule has 0 aliphatic carbocycles. The van der Waals surface area contributed by atoms with Gasteiger partial charge in [-0.1, -0.05) is 13.0 Å². The second-order valence-electron chi connectivity index (χ2n) is 5.27. The predicted molar refractivity (Wildman–Crippen MR) is 84.0 cm³/mol. The zero-order chi connectivity index (χ0) is 17.7. The molecule has 0 radical (unpaired) electrons. The maximum Gasteiger partial charge on any atom is 0.416 e. The van der Waals surface area contributed by atoms with Crippen molar-refractivity contribution < 1.29 is 18.0 Å². The topological polar surface area (TPSA) is 66.9 Å². The van der Waals surface area contributed by atoms with E-state index in [4.69, 9.17) is 0 Å². The molecule has 1 unspecified atom stereocenters. The Morgan fingerprint density at radius 2 is 2.00 bits per heavy atom. The van der Waals surface area contributed by atoms with Gasteiger partial charge in [-0.2, -0.15) is 13.2 Å². The van der Waals surface area contributed by atoms with Crippen LogP contribution in [-0.4, -0.2) is 21.9 Å². The lowest BCUT2D eigenvalue weighted by Gasteiger charge is -2.12. The van der Waals surface area contributed by atoms with Crippen LogP contribution in [-0.2, 0) is 6.18 Å². The molecule has 0 spiro atoms. The number of hydrogen-bond donors (Lipinski definition) is 2. The second-order valence-corrected chi connectivity index (χ2v) is 5.27. The molecule has 24 heavy (non-hydrogen) atoms. The van der Waals surface area contributed by atoms with Gasteiger partial charge in [0.15, 0.2) is 0 Å². The summed E-state index contributed by atoms with van der Waals surface area (Å²) < 4.78 is 38.2. The van der Waals surface area contributed by atoms with E-state index in [9.17, 15) is 18.0 Å². The van der Waals surface area contributed by atoms with Crippen molar-refractivity contribution in [1.82, 2.24) is 15.3 Å². The van der Waals surface area contributed by atoms with Crippen LogP contribution >= 0.6 is 0 Å². The molecule has 2 rings (SSSR count). The molecule has 5 nitrogen and oxygen atoms in total. The minimum Gasteiger partial charge on any atom is -0.348 e. The molecule has 0 aliphatic rings. The quantitative estimate of drug-likeness (QED) is 0.871. The van der Waals surface area contributed by atoms with Crippen molar-refractivity contribution in [2.75, 3.05) is 5.32 Å². The van der Waals surface area contributed by atoms with Crippen molar-refractivity contribution in [3.63, 3.8) is 0 Å². The number of hydrogen-bond acceptors (Lipinski definition) is 4. The van der Waals surface area contributed by atoms with E-state index in [-0.39, 0.29) is 29.1 Å². The first kappa shape index (κ1) is 17.7. The fourth-order valence-electron chi connectivity index (χ4n) is 1.87. The van der Waals surface area contributed by atoms with Gasteiger partial charge in [-0.15, -0.1) is 0 Å². The number of carbonyl (C=O) groups is 1. The van der Waals surface area contributed by atoms with E-state index in [1.54, 1.807) is 0 Å². The lowest BCUT2D eigenvalue weighted by molar-refractivity contribution is -0.137. The minimum atomic E-state index is -4.43. The summed E-state index contributed by atoms with van der Waals surface area (Å²) in [6.45, 7) is 3.80. The number of anilines is 2. The Labute approximate surface area is 137 Å². The van der Waals surface area contributed by atoms with Gasteiger partial charge in [0.2, 0.25) is 0 Å². The highest BCUT2D eigenvalue weighted by atomic mass is 19.4. The SMILES string of the molecule is CCC(C)NC(=O)c1cc(Nc2cccc(C(F)(F)F)c2)ncn1. The molecule has 0 fully saturated rings. The van der Waals surface area contributed by atoms with E-state index < -0.39 is 11.7 Å². The van der Waals surface area contributed by atoms with Crippen molar-refractivity contribution >= 4 is 17.4 Å². The number of rotatable bonds is 5. The Kier molecular flexibility index (Phi) is 5.38. The van der Waals surface area contributed by atoms with Gasteiger partial charge in [0.1, 0.15) is 17.8 Å². The molecule has 0 saturated heterocycles. The highest BCUT2D eigenvalue weighted by Crippen LogP contribution is 2.31. The monoisotopic (exact) mass is 338 g/mol. The number of carbonyl (C=O) groups excluding carboxylic acids is 1. The Balaban J connectivity index is 2.17. The number of amides is 1. The van der Waals surface area contributed by atoms with Gasteiger partial charge in [-0.05, 0) is 31.5 Å². The lowest BCUT2D eigenvalue weighted by Crippen LogP contribution is -2.32. The molecule has 8 heteroatoms. The van der Waals surface area contributed by atoms with Gasteiger partial charge in [0, 0.05) is 17.8 Å². The average molecular weight is 338 g/mol. The zero-order valence-electron chi connectivity index (χ0n) is 13.2. The number of nitrogens with one attached hydrogen (secondary N) is 2. The van der Waals surface area contributed by atoms with Gasteiger partial charge in [0.25, 0.3) is 5.91 Å². The Bertz CT molecular complexity index is 718. The number of benzene rings is 1. The molecule has 2 aromatic rings. The number of aromatic nitrogens is 2. The lowest BCUT2D eigenvalue weighted by atomic mass is 10.2. The van der Waals surface area contributed by atoms with Crippen LogP contribution in [0.5, 0.6) is 0 Å². The average Bonchev–Trinajstić information content (AvgIpc) is 2.54. The molecule has 0 bridgehead atoms. The third kappa shape index (κ3) is 4.68. The summed E-state index contributed by atoms with van der Waals surface area (Å²) in [6, 6.07) is 6.11. The molecule has 1 aromatic carbocycles. The van der Waals surface area contributed by atoms with E-state index in [1.165, 1.54) is 24.5 Å². The summed E-state index contributed by atoms with van der Waals surface area (Å²) in [6.07, 6.45) is -2.47. The van der Waals surface area contributed by atoms with Crippen LogP contribution in [0.3, 0.4) is 0 Å². The summed E-state index contributed by atoms with van der Waals surface area (Å²) in [4.78, 5) is 19.8. The second kappa shape index (κ2) is 7.29. The third-order valence-electron chi connectivity index (χ3n) is 3.35. The summed E-state index contributed by atoms with van der Waals surface area (Å²) in [5.41, 5.74) is -0.409. The van der Waals surface area contributed by atoms with Crippen LogP contribution in [0.2, 0.25) is 0 Å². The Hall–Kier alpha value is -2.64. The van der Waals surface area contributed by atoms with E-state index in [0.717, 1.165) is 18.6 Å². The van der Waals surface area contributed by atoms with Crippen LogP contribution in [0, 0.1) is 0 Å². The first-order chi connectivity index (χ1) is 11.3. The molecule has 0 aliphatic heterocycles. The van der Waals surface area contributed by atoms with Crippen molar-refractivity contribution in [2.24, 2.45) is 0 Å². The minimum absolute atomic E-state index is 0.00709. The number of alkyl halides is 3. The molecule has 1 amide bonds. The van der Waals surface area contributed by atoms with Gasteiger partial charge in [-0.3, -0.25) is 4.79 Å². The highest BCUT2D eigenvalue weighted by Gasteiger charge is 2.30. The van der Waals surface area contributed by atoms with Crippen molar-refractivity contribution in [3.05, 3.63) is 47.9 Å². The highest BCUT2D eigenvalue weighted by molar-refractivity contribution is 5.93. The van der Waals surface area contributed by atoms with Gasteiger partial charge in [-0.25, -0.2) is 9.97 Å². The maximum absolute atomic E-state index is 12.7. The molecule has 1 aromatic heterocycles. The first-order valence-corrected chi connectivity index (χ1v) is 7.36. The third-order valence-corrected chi connectivity index (χ3v) is 3.35. The molecule has 1 atom stereocenters. The maximum atomic E-state index is 12.7. The summed E-state index contributed by atoms with van der Waals surface area (Å²) in [7, 11) is 0. The fraction of sp³-hybridized carbons (Fsp3) is 0.312. The molecule has 0 saturated carbocycles. The standard InChI is InChI=1S/C16H17F3N4O/c1-3-10(2)22-15(24)13-8-14(21-9-20-13)23-12-6-4-5-11(7-12)16(17,18)19/h4-10H,3H2,1-2H3,(H,22,24)(H,20,21,23). The van der Waals surface area contributed by atoms with E-state index >= 15 is 0 Å². The van der Waals surface area contributed by atoms with Crippen LogP contribution in [0.4, 0.5) is 24.7 Å². The molecule has 128 valence electrons. The summed E-state index contributed by atoms with van der Waals surface area (Å²) >= 11 is 0. The normalized spacial score (nSPS) is 12.5. The van der Waals surface area contributed by atoms with Crippen LogP contribution in [0.15, 0.2) is 36.7 Å². The predicted octanol–water partition coefficient (Wildman–Crippen LogP) is 3.77. The van der Waals surface area contributed by atoms with Crippen molar-refractivity contribution in [1.29, 1.82) is 0 Å². The Morgan fingerprint density at radius 3 is 2.67 bits per heavy atom. The molecule has 1 heterocycles. The molecular formula is C16H17F3N4O. The molecular weight excluding hydrogens is 321 g/mol. The summed E-state index contributed by atoms with van der Waals surface area (Å²) in [5, 5.41) is 5.51. The largest absolute Gasteiger partial charge is 0.416 e. The smallest absolute Gasteiger partial charge is 0.348 e. The molecule has 2 N–H and O–H groups in total. The van der Waals surface area contributed by atoms with Crippen molar-refractivity contribution in [2.45, 2.75) is 32.5 Å². The number of halogens is 3. The van der Waals surface area contributed by atoms with E-state index in [0.29, 0.717) is 0 Å². The first-order valence-electron chi connectivity index (χ1n) is 7.36. The van der Waals surface area contributed by atoms with Gasteiger partial charge >= 0.3 is 6.18 Å². The summed E-state index contributed by atoms with van der Waals surface area (Å²) in [5.74, 6) is -0.127. The van der Waals surface area contributed by atoms with Gasteiger partial charge in [0.05, 0.1) is 5.56 Å². The van der Waals surface area contributed by atoms with Gasteiger partial charge < -0.3 is 10.6 Å². The Morgan fingerprint density at radius 1 is 1.25 bits per heavy atom. The zero-order valence-corrected chi connectivity index (χ0v) is 13.2. The van der Waals surface area contributed by atoms with Crippen LogP contribution in [0.25, 0.3) is 0 Å². The van der Waals surface area contributed by atoms with E-state index in [2.05, 4.69) is 20.6 Å². The van der Waals surface area contributed by atoms with Crippen LogP contribution in [0.1, 0.15) is 36.3 Å².